The maximum atomic E-state index is 6.37. The average Bonchev–Trinajstić information content (AvgIpc) is 3.04. The van der Waals surface area contributed by atoms with Crippen LogP contribution in [0.3, 0.4) is 0 Å². The highest BCUT2D eigenvalue weighted by Crippen LogP contribution is 2.58. The fraction of sp³-hybridized carbons (Fsp3) is 0.368. The smallest absolute Gasteiger partial charge is 0.227 e. The van der Waals surface area contributed by atoms with Crippen molar-refractivity contribution < 1.29 is 4.52 Å². The van der Waals surface area contributed by atoms with Crippen LogP contribution in [0.15, 0.2) is 22.7 Å². The third-order valence-electron chi connectivity index (χ3n) is 5.66. The van der Waals surface area contributed by atoms with Crippen LogP contribution < -0.4 is 15.5 Å². The van der Waals surface area contributed by atoms with E-state index < -0.39 is 0 Å². The summed E-state index contributed by atoms with van der Waals surface area (Å²) >= 11 is 12.5. The number of anilines is 2. The van der Waals surface area contributed by atoms with Crippen molar-refractivity contribution in [3.63, 3.8) is 0 Å². The molecular weight excluding hydrogens is 399 g/mol. The Kier molecular flexibility index (Phi) is 3.66. The van der Waals surface area contributed by atoms with Crippen molar-refractivity contribution in [1.82, 2.24) is 20.0 Å². The second-order valence-electron chi connectivity index (χ2n) is 7.55. The van der Waals surface area contributed by atoms with Gasteiger partial charge in [0.1, 0.15) is 22.9 Å². The molecule has 0 unspecified atom stereocenters. The quantitative estimate of drug-likeness (QED) is 0.519. The van der Waals surface area contributed by atoms with Crippen molar-refractivity contribution in [2.45, 2.75) is 13.0 Å². The SMILES string of the molecule is Clc1ccc(Cl)c(CN2CCNc3c2c2c(-c4noc(CC5CNC5)n4)n3-2)c1. The zero-order valence-electron chi connectivity index (χ0n) is 15.0. The number of benzene rings is 1. The predicted molar refractivity (Wildman–Crippen MR) is 109 cm³/mol. The highest BCUT2D eigenvalue weighted by molar-refractivity contribution is 6.33. The van der Waals surface area contributed by atoms with Crippen molar-refractivity contribution in [2.24, 2.45) is 5.92 Å². The van der Waals surface area contributed by atoms with Gasteiger partial charge in [-0.15, -0.1) is 0 Å². The van der Waals surface area contributed by atoms with Gasteiger partial charge in [0.05, 0.1) is 0 Å². The first-order chi connectivity index (χ1) is 13.7. The average molecular weight is 417 g/mol. The number of rotatable bonds is 5. The van der Waals surface area contributed by atoms with Gasteiger partial charge in [0.15, 0.2) is 0 Å². The van der Waals surface area contributed by atoms with Crippen molar-refractivity contribution in [2.75, 3.05) is 36.4 Å². The lowest BCUT2D eigenvalue weighted by Crippen LogP contribution is -2.43. The molecule has 0 bridgehead atoms. The summed E-state index contributed by atoms with van der Waals surface area (Å²) in [5.41, 5.74) is 4.45. The Bertz CT molecular complexity index is 1090. The molecule has 5 heterocycles. The number of fused-ring (bicyclic) bond motifs is 4. The van der Waals surface area contributed by atoms with Crippen LogP contribution in [-0.4, -0.2) is 40.9 Å². The summed E-state index contributed by atoms with van der Waals surface area (Å²) in [6.07, 6.45) is 0.841. The number of halogens is 2. The Morgan fingerprint density at radius 2 is 2.11 bits per heavy atom. The van der Waals surface area contributed by atoms with E-state index in [-0.39, 0.29) is 0 Å². The molecule has 2 aromatic rings. The number of hydrogen-bond acceptors (Lipinski definition) is 6. The zero-order valence-corrected chi connectivity index (χ0v) is 16.5. The van der Waals surface area contributed by atoms with E-state index in [4.69, 9.17) is 27.7 Å². The van der Waals surface area contributed by atoms with Crippen molar-refractivity contribution in [3.8, 4) is 17.2 Å². The van der Waals surface area contributed by atoms with Crippen LogP contribution in [0.5, 0.6) is 0 Å². The van der Waals surface area contributed by atoms with Crippen molar-refractivity contribution in [3.05, 3.63) is 39.7 Å². The maximum absolute atomic E-state index is 6.37. The third kappa shape index (κ3) is 2.53. The van der Waals surface area contributed by atoms with E-state index in [1.54, 1.807) is 0 Å². The molecule has 4 aliphatic rings. The summed E-state index contributed by atoms with van der Waals surface area (Å²) in [6.45, 7) is 4.55. The van der Waals surface area contributed by atoms with E-state index in [1.165, 1.54) is 11.4 Å². The van der Waals surface area contributed by atoms with Crippen LogP contribution in [0.4, 0.5) is 11.5 Å². The van der Waals surface area contributed by atoms with Gasteiger partial charge in [-0.3, -0.25) is 4.57 Å². The lowest BCUT2D eigenvalue weighted by Gasteiger charge is -2.34. The lowest BCUT2D eigenvalue weighted by molar-refractivity contribution is 0.296. The van der Waals surface area contributed by atoms with Crippen molar-refractivity contribution >= 4 is 34.7 Å². The maximum Gasteiger partial charge on any atom is 0.227 e. The summed E-state index contributed by atoms with van der Waals surface area (Å²) < 4.78 is 7.63. The van der Waals surface area contributed by atoms with Gasteiger partial charge < -0.3 is 20.1 Å². The molecule has 1 fully saturated rings. The van der Waals surface area contributed by atoms with Crippen LogP contribution in [0, 0.1) is 5.92 Å². The van der Waals surface area contributed by atoms with Crippen molar-refractivity contribution in [1.29, 1.82) is 0 Å². The first kappa shape index (κ1) is 16.7. The summed E-state index contributed by atoms with van der Waals surface area (Å²) in [7, 11) is 0. The summed E-state index contributed by atoms with van der Waals surface area (Å²) in [5.74, 6) is 3.11. The van der Waals surface area contributed by atoms with Gasteiger partial charge in [-0.1, -0.05) is 28.4 Å². The van der Waals surface area contributed by atoms with Crippen LogP contribution in [-0.2, 0) is 13.0 Å². The molecule has 7 nitrogen and oxygen atoms in total. The molecule has 144 valence electrons. The van der Waals surface area contributed by atoms with E-state index in [9.17, 15) is 0 Å². The minimum absolute atomic E-state index is 0.605. The Hall–Kier alpha value is -2.22. The van der Waals surface area contributed by atoms with Gasteiger partial charge in [-0.05, 0) is 42.8 Å². The van der Waals surface area contributed by atoms with Gasteiger partial charge in [0.2, 0.25) is 11.7 Å². The van der Waals surface area contributed by atoms with E-state index in [0.717, 1.165) is 67.1 Å². The normalized spacial score (nSPS) is 17.3. The molecule has 0 saturated carbocycles. The Balaban J connectivity index is 1.27. The monoisotopic (exact) mass is 416 g/mol. The predicted octanol–water partition coefficient (Wildman–Crippen LogP) is 3.34. The first-order valence-electron chi connectivity index (χ1n) is 9.44. The molecular formula is C19H18Cl2N6O. The Labute approximate surface area is 171 Å². The highest BCUT2D eigenvalue weighted by atomic mass is 35.5. The molecule has 0 atom stereocenters. The lowest BCUT2D eigenvalue weighted by atomic mass is 10.00. The molecule has 6 rings (SSSR count). The molecule has 28 heavy (non-hydrogen) atoms. The standard InChI is InChI=1S/C19H18Cl2N6O/c20-12-1-2-13(21)11(6-12)9-26-4-3-23-19-17(26)15-16(27(15)19)18-24-14(28-25-18)5-10-7-22-8-10/h1-2,6,10,22-23H,3-5,7-9H2. The molecule has 1 aromatic carbocycles. The van der Waals surface area contributed by atoms with E-state index in [1.807, 2.05) is 18.2 Å². The fourth-order valence-corrected chi connectivity index (χ4v) is 4.43. The molecule has 9 heteroatoms. The molecule has 1 aromatic heterocycles. The molecule has 1 saturated heterocycles. The molecule has 4 aliphatic heterocycles. The second-order valence-corrected chi connectivity index (χ2v) is 8.40. The van der Waals surface area contributed by atoms with Gasteiger partial charge in [0.25, 0.3) is 0 Å². The van der Waals surface area contributed by atoms with E-state index >= 15 is 0 Å². The molecule has 0 amide bonds. The molecule has 0 aliphatic carbocycles. The van der Waals surface area contributed by atoms with Crippen LogP contribution >= 0.6 is 23.2 Å². The zero-order chi connectivity index (χ0) is 18.8. The van der Waals surface area contributed by atoms with E-state index in [0.29, 0.717) is 16.8 Å². The Morgan fingerprint density at radius 1 is 1.21 bits per heavy atom. The van der Waals surface area contributed by atoms with Gasteiger partial charge in [-0.2, -0.15) is 4.98 Å². The van der Waals surface area contributed by atoms with Crippen LogP contribution in [0.25, 0.3) is 17.2 Å². The molecule has 2 N–H and O–H groups in total. The fourth-order valence-electron chi connectivity index (χ4n) is 4.06. The number of nitrogens with zero attached hydrogens (tertiary/aromatic N) is 4. The summed E-state index contributed by atoms with van der Waals surface area (Å²) in [4.78, 5) is 6.95. The number of hydrogen-bond donors (Lipinski definition) is 2. The molecule has 0 radical (unpaired) electrons. The van der Waals surface area contributed by atoms with Gasteiger partial charge >= 0.3 is 0 Å². The Morgan fingerprint density at radius 3 is 2.93 bits per heavy atom. The largest absolute Gasteiger partial charge is 0.368 e. The number of aromatic nitrogens is 3. The minimum Gasteiger partial charge on any atom is -0.368 e. The number of nitrogens with one attached hydrogen (secondary N) is 2. The first-order valence-corrected chi connectivity index (χ1v) is 10.2. The highest BCUT2D eigenvalue weighted by Gasteiger charge is 2.45. The third-order valence-corrected chi connectivity index (χ3v) is 6.27. The van der Waals surface area contributed by atoms with Crippen LogP contribution in [0.2, 0.25) is 10.0 Å². The minimum atomic E-state index is 0.605. The van der Waals surface area contributed by atoms with E-state index in [2.05, 4.69) is 30.2 Å². The second kappa shape index (κ2) is 6.14. The van der Waals surface area contributed by atoms with Gasteiger partial charge in [0, 0.05) is 36.1 Å². The molecule has 0 spiro atoms. The summed E-state index contributed by atoms with van der Waals surface area (Å²) in [6, 6.07) is 5.60. The summed E-state index contributed by atoms with van der Waals surface area (Å²) in [5, 5.41) is 12.4. The topological polar surface area (TPSA) is 71.2 Å². The van der Waals surface area contributed by atoms with Gasteiger partial charge in [-0.25, -0.2) is 0 Å². The van der Waals surface area contributed by atoms with Crippen LogP contribution in [0.1, 0.15) is 11.5 Å².